The normalized spacial score (nSPS) is 10.8. The topological polar surface area (TPSA) is 85.2 Å². The summed E-state index contributed by atoms with van der Waals surface area (Å²) >= 11 is 4.68. The van der Waals surface area contributed by atoms with E-state index in [4.69, 9.17) is 5.26 Å². The van der Waals surface area contributed by atoms with E-state index in [1.54, 1.807) is 27.7 Å². The average Bonchev–Trinajstić information content (AvgIpc) is 3.31. The molecule has 0 radical (unpaired) electrons. The van der Waals surface area contributed by atoms with Crippen molar-refractivity contribution in [1.82, 2.24) is 30.0 Å². The summed E-state index contributed by atoms with van der Waals surface area (Å²) in [5.41, 5.74) is 5.71. The first-order valence-corrected chi connectivity index (χ1v) is 9.11. The Morgan fingerprint density at radius 2 is 1.86 bits per heavy atom. The Labute approximate surface area is 167 Å². The third-order valence-electron chi connectivity index (χ3n) is 4.67. The Kier molecular flexibility index (Phi) is 4.67. The molecule has 0 aliphatic rings. The highest BCUT2D eigenvalue weighted by Crippen LogP contribution is 2.27. The van der Waals surface area contributed by atoms with E-state index >= 15 is 0 Å². The molecular formula is C20H17N7S. The molecule has 0 bridgehead atoms. The Balaban J connectivity index is 1.67. The smallest absolute Gasteiger partial charge is 0.186 e. The van der Waals surface area contributed by atoms with E-state index in [0.29, 0.717) is 23.0 Å². The largest absolute Gasteiger partial charge is 0.227 e. The van der Waals surface area contributed by atoms with Crippen molar-refractivity contribution < 1.29 is 0 Å². The van der Waals surface area contributed by atoms with Crippen LogP contribution in [0.1, 0.15) is 22.3 Å². The highest BCUT2D eigenvalue weighted by Gasteiger charge is 2.17. The van der Waals surface area contributed by atoms with Crippen molar-refractivity contribution in [2.24, 2.45) is 0 Å². The third kappa shape index (κ3) is 3.28. The second-order valence-corrected chi connectivity index (χ2v) is 6.95. The molecule has 0 atom stereocenters. The number of benzene rings is 2. The highest BCUT2D eigenvalue weighted by molar-refractivity contribution is 7.80. The maximum absolute atomic E-state index is 8.93. The molecule has 0 spiro atoms. The minimum Gasteiger partial charge on any atom is -0.227 e. The Bertz CT molecular complexity index is 1180. The van der Waals surface area contributed by atoms with Crippen LogP contribution in [0, 0.1) is 25.2 Å². The monoisotopic (exact) mass is 387 g/mol. The predicted octanol–water partition coefficient (Wildman–Crippen LogP) is 3.35. The maximum atomic E-state index is 8.93. The van der Waals surface area contributed by atoms with E-state index in [9.17, 15) is 0 Å². The van der Waals surface area contributed by atoms with Crippen molar-refractivity contribution in [3.05, 3.63) is 70.9 Å². The number of aromatic nitrogens is 6. The van der Waals surface area contributed by atoms with Crippen LogP contribution < -0.4 is 0 Å². The van der Waals surface area contributed by atoms with Gasteiger partial charge >= 0.3 is 0 Å². The molecule has 0 saturated heterocycles. The third-order valence-corrected chi connectivity index (χ3v) is 5.10. The SMILES string of the molecule is Cc1ccc(-n2ncc(-c3nnnn3Cc3ccc(C#N)cc3)c2S)cc1C. The van der Waals surface area contributed by atoms with Gasteiger partial charge in [-0.25, -0.2) is 9.36 Å². The van der Waals surface area contributed by atoms with Crippen LogP contribution in [-0.4, -0.2) is 30.0 Å². The molecule has 28 heavy (non-hydrogen) atoms. The van der Waals surface area contributed by atoms with Crippen molar-refractivity contribution in [2.75, 3.05) is 0 Å². The van der Waals surface area contributed by atoms with Crippen molar-refractivity contribution in [3.63, 3.8) is 0 Å². The van der Waals surface area contributed by atoms with Crippen molar-refractivity contribution in [2.45, 2.75) is 25.4 Å². The van der Waals surface area contributed by atoms with E-state index in [0.717, 1.165) is 16.8 Å². The van der Waals surface area contributed by atoms with Crippen LogP contribution >= 0.6 is 12.6 Å². The summed E-state index contributed by atoms with van der Waals surface area (Å²) in [6, 6.07) is 15.6. The van der Waals surface area contributed by atoms with Crippen molar-refractivity contribution in [1.29, 1.82) is 5.26 Å². The van der Waals surface area contributed by atoms with Gasteiger partial charge in [0.1, 0.15) is 5.03 Å². The number of aryl methyl sites for hydroxylation is 2. The first kappa shape index (κ1) is 17.9. The summed E-state index contributed by atoms with van der Waals surface area (Å²) < 4.78 is 3.47. The molecule has 4 rings (SSSR count). The lowest BCUT2D eigenvalue weighted by molar-refractivity contribution is 0.652. The van der Waals surface area contributed by atoms with Crippen LogP contribution in [0.2, 0.25) is 0 Å². The summed E-state index contributed by atoms with van der Waals surface area (Å²) in [7, 11) is 0. The van der Waals surface area contributed by atoms with Gasteiger partial charge in [-0.3, -0.25) is 0 Å². The number of thiol groups is 1. The van der Waals surface area contributed by atoms with Gasteiger partial charge in [0, 0.05) is 0 Å². The van der Waals surface area contributed by atoms with E-state index < -0.39 is 0 Å². The van der Waals surface area contributed by atoms with Gasteiger partial charge in [0.25, 0.3) is 0 Å². The van der Waals surface area contributed by atoms with Crippen molar-refractivity contribution >= 4 is 12.6 Å². The van der Waals surface area contributed by atoms with Gasteiger partial charge < -0.3 is 0 Å². The molecule has 0 N–H and O–H groups in total. The van der Waals surface area contributed by atoms with E-state index in [2.05, 4.69) is 65.3 Å². The first-order chi connectivity index (χ1) is 13.6. The van der Waals surface area contributed by atoms with Gasteiger partial charge in [0.05, 0.1) is 35.6 Å². The number of nitriles is 1. The number of hydrogen-bond acceptors (Lipinski definition) is 6. The van der Waals surface area contributed by atoms with Crippen LogP contribution in [0.3, 0.4) is 0 Å². The zero-order valence-electron chi connectivity index (χ0n) is 15.4. The number of hydrogen-bond donors (Lipinski definition) is 1. The molecule has 0 amide bonds. The lowest BCUT2D eigenvalue weighted by Gasteiger charge is -2.08. The Hall–Kier alpha value is -3.44. The standard InChI is InChI=1S/C20H17N7S/c1-13-3-8-17(9-14(13)2)27-20(28)18(11-22-27)19-23-24-25-26(19)12-16-6-4-15(10-21)5-7-16/h3-9,11,28H,12H2,1-2H3. The summed E-state index contributed by atoms with van der Waals surface area (Å²) in [6.07, 6.45) is 1.72. The fourth-order valence-electron chi connectivity index (χ4n) is 2.91. The molecule has 0 fully saturated rings. The molecule has 2 aromatic heterocycles. The second-order valence-electron chi connectivity index (χ2n) is 6.53. The van der Waals surface area contributed by atoms with Gasteiger partial charge in [0.2, 0.25) is 0 Å². The van der Waals surface area contributed by atoms with Crippen LogP contribution in [-0.2, 0) is 6.54 Å². The zero-order chi connectivity index (χ0) is 19.7. The lowest BCUT2D eigenvalue weighted by atomic mass is 10.1. The quantitative estimate of drug-likeness (QED) is 0.543. The molecule has 2 heterocycles. The van der Waals surface area contributed by atoms with Gasteiger partial charge in [-0.1, -0.05) is 18.2 Å². The Morgan fingerprint density at radius 1 is 1.07 bits per heavy atom. The fourth-order valence-corrected chi connectivity index (χ4v) is 3.23. The minimum atomic E-state index is 0.482. The van der Waals surface area contributed by atoms with Crippen LogP contribution in [0.25, 0.3) is 17.1 Å². The molecule has 2 aromatic carbocycles. The van der Waals surface area contributed by atoms with E-state index in [-0.39, 0.29) is 0 Å². The first-order valence-electron chi connectivity index (χ1n) is 8.67. The number of nitrogens with zero attached hydrogens (tertiary/aromatic N) is 7. The second kappa shape index (κ2) is 7.29. The highest BCUT2D eigenvalue weighted by atomic mass is 32.1. The van der Waals surface area contributed by atoms with E-state index in [1.807, 2.05) is 18.2 Å². The van der Waals surface area contributed by atoms with E-state index in [1.165, 1.54) is 11.1 Å². The molecule has 7 nitrogen and oxygen atoms in total. The molecule has 0 unspecified atom stereocenters. The zero-order valence-corrected chi connectivity index (χ0v) is 16.3. The fraction of sp³-hybridized carbons (Fsp3) is 0.150. The van der Waals surface area contributed by atoms with Crippen LogP contribution in [0.5, 0.6) is 0 Å². The maximum Gasteiger partial charge on any atom is 0.186 e. The molecule has 138 valence electrons. The van der Waals surface area contributed by atoms with Gasteiger partial charge in [-0.2, -0.15) is 10.4 Å². The van der Waals surface area contributed by atoms with Gasteiger partial charge in [-0.15, -0.1) is 17.7 Å². The summed E-state index contributed by atoms with van der Waals surface area (Å²) in [5.74, 6) is 0.587. The molecule has 0 aliphatic carbocycles. The Morgan fingerprint density at radius 3 is 2.57 bits per heavy atom. The average molecular weight is 387 g/mol. The van der Waals surface area contributed by atoms with Crippen LogP contribution in [0.15, 0.2) is 53.7 Å². The molecule has 0 aliphatic heterocycles. The van der Waals surface area contributed by atoms with Gasteiger partial charge in [0.15, 0.2) is 5.82 Å². The van der Waals surface area contributed by atoms with Crippen molar-refractivity contribution in [3.8, 4) is 23.1 Å². The predicted molar refractivity (Wildman–Crippen MR) is 107 cm³/mol. The van der Waals surface area contributed by atoms with Crippen LogP contribution in [0.4, 0.5) is 0 Å². The van der Waals surface area contributed by atoms with Gasteiger partial charge in [-0.05, 0) is 65.2 Å². The molecular weight excluding hydrogens is 370 g/mol. The summed E-state index contributed by atoms with van der Waals surface area (Å²) in [5, 5.41) is 26.2. The molecule has 4 aromatic rings. The summed E-state index contributed by atoms with van der Waals surface area (Å²) in [4.78, 5) is 0. The minimum absolute atomic E-state index is 0.482. The molecule has 0 saturated carbocycles. The number of rotatable bonds is 4. The number of tetrazole rings is 1. The molecule has 8 heteroatoms. The summed E-state index contributed by atoms with van der Waals surface area (Å²) in [6.45, 7) is 4.63. The lowest BCUT2D eigenvalue weighted by Crippen LogP contribution is -2.05.